The van der Waals surface area contributed by atoms with Crippen molar-refractivity contribution < 1.29 is 9.47 Å². The maximum atomic E-state index is 6.04. The van der Waals surface area contributed by atoms with E-state index in [0.717, 1.165) is 17.1 Å². The van der Waals surface area contributed by atoms with Crippen LogP contribution >= 0.6 is 23.2 Å². The van der Waals surface area contributed by atoms with E-state index in [2.05, 4.69) is 10.3 Å². The van der Waals surface area contributed by atoms with E-state index in [-0.39, 0.29) is 6.79 Å². The van der Waals surface area contributed by atoms with Crippen molar-refractivity contribution in [2.45, 2.75) is 6.54 Å². The van der Waals surface area contributed by atoms with Crippen LogP contribution in [0.4, 0.5) is 5.82 Å². The molecule has 19 heavy (non-hydrogen) atoms. The van der Waals surface area contributed by atoms with Crippen molar-refractivity contribution in [3.8, 4) is 11.5 Å². The van der Waals surface area contributed by atoms with E-state index in [1.165, 1.54) is 0 Å². The summed E-state index contributed by atoms with van der Waals surface area (Å²) in [5.74, 6) is 2.13. The average molecular weight is 297 g/mol. The van der Waals surface area contributed by atoms with Crippen molar-refractivity contribution in [2.75, 3.05) is 12.1 Å². The van der Waals surface area contributed by atoms with Gasteiger partial charge in [-0.25, -0.2) is 4.98 Å². The minimum Gasteiger partial charge on any atom is -0.454 e. The molecule has 1 aliphatic heterocycles. The molecule has 1 N–H and O–H groups in total. The van der Waals surface area contributed by atoms with E-state index in [0.29, 0.717) is 22.4 Å². The van der Waals surface area contributed by atoms with Crippen molar-refractivity contribution in [2.24, 2.45) is 0 Å². The zero-order valence-electron chi connectivity index (χ0n) is 9.82. The van der Waals surface area contributed by atoms with Gasteiger partial charge in [0, 0.05) is 12.7 Å². The highest BCUT2D eigenvalue weighted by Gasteiger charge is 2.13. The molecule has 98 valence electrons. The molecule has 0 radical (unpaired) electrons. The van der Waals surface area contributed by atoms with Gasteiger partial charge in [-0.2, -0.15) is 0 Å². The quantitative estimate of drug-likeness (QED) is 0.937. The lowest BCUT2D eigenvalue weighted by atomic mass is 10.2. The highest BCUT2D eigenvalue weighted by molar-refractivity contribution is 6.35. The summed E-state index contributed by atoms with van der Waals surface area (Å²) in [5.41, 5.74) is 1.05. The van der Waals surface area contributed by atoms with Gasteiger partial charge in [-0.3, -0.25) is 0 Å². The number of halogens is 2. The van der Waals surface area contributed by atoms with Gasteiger partial charge in [0.25, 0.3) is 0 Å². The fraction of sp³-hybridized carbons (Fsp3) is 0.154. The number of ether oxygens (including phenoxy) is 2. The maximum Gasteiger partial charge on any atom is 0.231 e. The molecule has 0 spiro atoms. The topological polar surface area (TPSA) is 43.4 Å². The van der Waals surface area contributed by atoms with Gasteiger partial charge in [-0.05, 0) is 23.8 Å². The van der Waals surface area contributed by atoms with E-state index in [9.17, 15) is 0 Å². The molecule has 0 amide bonds. The second-order valence-corrected chi connectivity index (χ2v) is 4.87. The van der Waals surface area contributed by atoms with Gasteiger partial charge in [0.05, 0.1) is 10.0 Å². The van der Waals surface area contributed by atoms with Gasteiger partial charge in [0.1, 0.15) is 5.82 Å². The van der Waals surface area contributed by atoms with Crippen molar-refractivity contribution in [3.05, 3.63) is 46.1 Å². The molecule has 1 aromatic carbocycles. The summed E-state index contributed by atoms with van der Waals surface area (Å²) in [7, 11) is 0. The van der Waals surface area contributed by atoms with Crippen molar-refractivity contribution in [1.82, 2.24) is 4.98 Å². The van der Waals surface area contributed by atoms with Crippen molar-refractivity contribution >= 4 is 29.0 Å². The third kappa shape index (κ3) is 2.69. The highest BCUT2D eigenvalue weighted by Crippen LogP contribution is 2.32. The predicted octanol–water partition coefficient (Wildman–Crippen LogP) is 3.73. The normalized spacial score (nSPS) is 12.5. The number of benzene rings is 1. The highest BCUT2D eigenvalue weighted by atomic mass is 35.5. The second-order valence-electron chi connectivity index (χ2n) is 4.03. The number of hydrogen-bond donors (Lipinski definition) is 1. The lowest BCUT2D eigenvalue weighted by Gasteiger charge is -2.08. The predicted molar refractivity (Wildman–Crippen MR) is 74.1 cm³/mol. The molecule has 1 aromatic heterocycles. The van der Waals surface area contributed by atoms with Crippen LogP contribution in [0.15, 0.2) is 30.5 Å². The molecular formula is C13H10Cl2N2O2. The second kappa shape index (κ2) is 5.15. The van der Waals surface area contributed by atoms with Gasteiger partial charge >= 0.3 is 0 Å². The molecule has 0 atom stereocenters. The molecule has 0 fully saturated rings. The van der Waals surface area contributed by atoms with Crippen LogP contribution in [0.3, 0.4) is 0 Å². The zero-order valence-corrected chi connectivity index (χ0v) is 11.3. The fourth-order valence-electron chi connectivity index (χ4n) is 1.78. The number of nitrogens with zero attached hydrogens (tertiary/aromatic N) is 1. The van der Waals surface area contributed by atoms with E-state index in [1.54, 1.807) is 12.3 Å². The molecular weight excluding hydrogens is 287 g/mol. The first-order chi connectivity index (χ1) is 9.22. The summed E-state index contributed by atoms with van der Waals surface area (Å²) < 4.78 is 10.6. The van der Waals surface area contributed by atoms with E-state index in [1.807, 2.05) is 18.2 Å². The Morgan fingerprint density at radius 3 is 2.84 bits per heavy atom. The summed E-state index contributed by atoms with van der Waals surface area (Å²) in [4.78, 5) is 4.13. The van der Waals surface area contributed by atoms with Crippen LogP contribution in [0.1, 0.15) is 5.56 Å². The number of hydrogen-bond acceptors (Lipinski definition) is 4. The Bertz CT molecular complexity index is 620. The van der Waals surface area contributed by atoms with Crippen LogP contribution in [0.2, 0.25) is 10.0 Å². The molecule has 1 aliphatic rings. The van der Waals surface area contributed by atoms with Gasteiger partial charge in [-0.1, -0.05) is 29.3 Å². The smallest absolute Gasteiger partial charge is 0.231 e. The molecule has 0 unspecified atom stereocenters. The van der Waals surface area contributed by atoms with Crippen LogP contribution in [0.5, 0.6) is 11.5 Å². The number of rotatable bonds is 3. The Morgan fingerprint density at radius 2 is 2.00 bits per heavy atom. The van der Waals surface area contributed by atoms with Crippen molar-refractivity contribution in [3.63, 3.8) is 0 Å². The largest absolute Gasteiger partial charge is 0.454 e. The monoisotopic (exact) mass is 296 g/mol. The number of pyridine rings is 1. The fourth-order valence-corrected chi connectivity index (χ4v) is 2.23. The maximum absolute atomic E-state index is 6.04. The number of fused-ring (bicyclic) bond motifs is 1. The number of aromatic nitrogens is 1. The minimum atomic E-state index is 0.275. The summed E-state index contributed by atoms with van der Waals surface area (Å²) >= 11 is 11.8. The Kier molecular flexibility index (Phi) is 3.36. The van der Waals surface area contributed by atoms with E-state index in [4.69, 9.17) is 32.7 Å². The molecule has 2 aromatic rings. The van der Waals surface area contributed by atoms with Crippen LogP contribution in [-0.2, 0) is 6.54 Å². The molecule has 0 bridgehead atoms. The molecule has 0 saturated heterocycles. The van der Waals surface area contributed by atoms with E-state index < -0.39 is 0 Å². The Hall–Kier alpha value is -1.65. The van der Waals surface area contributed by atoms with Crippen LogP contribution in [-0.4, -0.2) is 11.8 Å². The Balaban J connectivity index is 1.72. The standard InChI is InChI=1S/C13H10Cl2N2O2/c14-9-4-10(15)13(17-6-9)16-5-8-1-2-11-12(3-8)19-7-18-11/h1-4,6H,5,7H2,(H,16,17). The SMILES string of the molecule is Clc1cnc(NCc2ccc3c(c2)OCO3)c(Cl)c1. The van der Waals surface area contributed by atoms with Crippen LogP contribution in [0.25, 0.3) is 0 Å². The molecule has 2 heterocycles. The third-order valence-corrected chi connectivity index (χ3v) is 3.20. The molecule has 0 saturated carbocycles. The molecule has 4 nitrogen and oxygen atoms in total. The summed E-state index contributed by atoms with van der Waals surface area (Å²) in [6.45, 7) is 0.863. The molecule has 0 aliphatic carbocycles. The summed E-state index contributed by atoms with van der Waals surface area (Å²) in [6.07, 6.45) is 1.55. The lowest BCUT2D eigenvalue weighted by Crippen LogP contribution is -2.01. The van der Waals surface area contributed by atoms with Gasteiger partial charge < -0.3 is 14.8 Å². The first kappa shape index (κ1) is 12.4. The first-order valence-corrected chi connectivity index (χ1v) is 6.41. The summed E-state index contributed by atoms with van der Waals surface area (Å²) in [5, 5.41) is 4.16. The van der Waals surface area contributed by atoms with E-state index >= 15 is 0 Å². The average Bonchev–Trinajstić information content (AvgIpc) is 2.85. The first-order valence-electron chi connectivity index (χ1n) is 5.66. The minimum absolute atomic E-state index is 0.275. The number of anilines is 1. The van der Waals surface area contributed by atoms with Crippen LogP contribution < -0.4 is 14.8 Å². The number of nitrogens with one attached hydrogen (secondary N) is 1. The Labute approximate surface area is 120 Å². The lowest BCUT2D eigenvalue weighted by molar-refractivity contribution is 0.174. The summed E-state index contributed by atoms with van der Waals surface area (Å²) in [6, 6.07) is 7.43. The Morgan fingerprint density at radius 1 is 1.16 bits per heavy atom. The van der Waals surface area contributed by atoms with Gasteiger partial charge in [0.15, 0.2) is 11.5 Å². The molecule has 6 heteroatoms. The van der Waals surface area contributed by atoms with Gasteiger partial charge in [-0.15, -0.1) is 0 Å². The van der Waals surface area contributed by atoms with Crippen LogP contribution in [0, 0.1) is 0 Å². The molecule has 3 rings (SSSR count). The zero-order chi connectivity index (χ0) is 13.2. The third-order valence-electron chi connectivity index (χ3n) is 2.70. The van der Waals surface area contributed by atoms with Crippen molar-refractivity contribution in [1.29, 1.82) is 0 Å². The van der Waals surface area contributed by atoms with Gasteiger partial charge in [0.2, 0.25) is 6.79 Å².